The summed E-state index contributed by atoms with van der Waals surface area (Å²) in [7, 11) is 0. The molecule has 0 aromatic heterocycles. The lowest BCUT2D eigenvalue weighted by Gasteiger charge is -2.26. The van der Waals surface area contributed by atoms with Crippen LogP contribution in [0.1, 0.15) is 54.4 Å². The number of carboxylic acid groups (broad SMARTS) is 1. The minimum Gasteiger partial charge on any atom is -0.481 e. The molecule has 2 aromatic carbocycles. The van der Waals surface area contributed by atoms with Crippen molar-refractivity contribution in [1.29, 1.82) is 0 Å². The maximum atomic E-state index is 13.0. The topological polar surface area (TPSA) is 83.5 Å². The zero-order valence-corrected chi connectivity index (χ0v) is 18.1. The molecule has 0 spiro atoms. The molecule has 0 unspecified atom stereocenters. The lowest BCUT2D eigenvalue weighted by Crippen LogP contribution is -2.28. The number of hydrogen-bond acceptors (Lipinski definition) is 3. The molecule has 1 saturated carbocycles. The van der Waals surface area contributed by atoms with Crippen molar-refractivity contribution in [3.8, 4) is 0 Å². The maximum Gasteiger partial charge on any atom is 0.303 e. The van der Waals surface area contributed by atoms with Crippen LogP contribution >= 0.6 is 27.5 Å². The molecular weight excluding hydrogens is 458 g/mol. The number of carboxylic acids is 1. The minimum atomic E-state index is -0.891. The number of carbonyl (C=O) groups excluding carboxylic acids is 2. The van der Waals surface area contributed by atoms with E-state index in [0.29, 0.717) is 26.3 Å². The predicted molar refractivity (Wildman–Crippen MR) is 115 cm³/mol. The first-order valence-electron chi connectivity index (χ1n) is 9.40. The lowest BCUT2D eigenvalue weighted by atomic mass is 9.79. The molecule has 1 aliphatic carbocycles. The van der Waals surface area contributed by atoms with Gasteiger partial charge >= 0.3 is 5.97 Å². The second-order valence-electron chi connectivity index (χ2n) is 7.50. The van der Waals surface area contributed by atoms with Crippen molar-refractivity contribution in [1.82, 2.24) is 0 Å². The number of nitrogens with one attached hydrogen (secondary N) is 1. The van der Waals surface area contributed by atoms with E-state index < -0.39 is 11.4 Å². The van der Waals surface area contributed by atoms with Crippen molar-refractivity contribution < 1.29 is 19.5 Å². The normalized spacial score (nSPS) is 15.1. The molecule has 5 nitrogen and oxygen atoms in total. The van der Waals surface area contributed by atoms with Crippen LogP contribution in [0.2, 0.25) is 5.02 Å². The van der Waals surface area contributed by atoms with E-state index in [2.05, 4.69) is 21.2 Å². The average molecular weight is 479 g/mol. The van der Waals surface area contributed by atoms with Gasteiger partial charge in [-0.2, -0.15) is 0 Å². The molecule has 0 radical (unpaired) electrons. The smallest absolute Gasteiger partial charge is 0.303 e. The van der Waals surface area contributed by atoms with E-state index in [1.165, 1.54) is 0 Å². The van der Waals surface area contributed by atoms with E-state index >= 15 is 0 Å². The largest absolute Gasteiger partial charge is 0.481 e. The Morgan fingerprint density at radius 3 is 2.38 bits per heavy atom. The fourth-order valence-corrected chi connectivity index (χ4v) is 4.58. The Morgan fingerprint density at radius 1 is 1.03 bits per heavy atom. The van der Waals surface area contributed by atoms with Crippen LogP contribution in [0.25, 0.3) is 0 Å². The molecule has 2 aromatic rings. The average Bonchev–Trinajstić information content (AvgIpc) is 3.10. The van der Waals surface area contributed by atoms with Crippen molar-refractivity contribution >= 4 is 50.9 Å². The van der Waals surface area contributed by atoms with Crippen LogP contribution < -0.4 is 5.32 Å². The molecule has 0 bridgehead atoms. The summed E-state index contributed by atoms with van der Waals surface area (Å²) in [6.07, 6.45) is 3.39. The van der Waals surface area contributed by atoms with Crippen molar-refractivity contribution in [2.45, 2.75) is 38.5 Å². The number of ketones is 1. The van der Waals surface area contributed by atoms with Crippen LogP contribution in [-0.4, -0.2) is 22.8 Å². The van der Waals surface area contributed by atoms with Gasteiger partial charge in [0.05, 0.1) is 17.1 Å². The molecule has 3 rings (SSSR count). The molecular formula is C22H21BrClNO4. The zero-order chi connectivity index (χ0) is 21.0. The first kappa shape index (κ1) is 21.5. The Bertz CT molecular complexity index is 954. The standard InChI is InChI=1S/C22H21BrClNO4/c23-14-7-8-18(16(11-14)21(29)15-5-1-2-6-17(15)24)25-19(26)12-22(13-20(27)28)9-3-4-10-22/h1-2,5-8,11H,3-4,9-10,12-13H2,(H,25,26)(H,27,28). The van der Waals surface area contributed by atoms with E-state index in [1.54, 1.807) is 42.5 Å². The minimum absolute atomic E-state index is 0.0217. The Labute approximate surface area is 182 Å². The molecule has 2 N–H and O–H groups in total. The molecule has 0 saturated heterocycles. The highest BCUT2D eigenvalue weighted by molar-refractivity contribution is 9.10. The van der Waals surface area contributed by atoms with Crippen LogP contribution in [0, 0.1) is 5.41 Å². The Kier molecular flexibility index (Phi) is 6.75. The van der Waals surface area contributed by atoms with Crippen LogP contribution in [0.4, 0.5) is 5.69 Å². The lowest BCUT2D eigenvalue weighted by molar-refractivity contribution is -0.140. The fourth-order valence-electron chi connectivity index (χ4n) is 4.00. The summed E-state index contributed by atoms with van der Waals surface area (Å²) in [5.74, 6) is -1.48. The van der Waals surface area contributed by atoms with Crippen LogP contribution in [-0.2, 0) is 9.59 Å². The van der Waals surface area contributed by atoms with Gasteiger partial charge in [0.15, 0.2) is 5.78 Å². The highest BCUT2D eigenvalue weighted by Crippen LogP contribution is 2.44. The Morgan fingerprint density at radius 2 is 1.72 bits per heavy atom. The summed E-state index contributed by atoms with van der Waals surface area (Å²) in [6.45, 7) is 0. The highest BCUT2D eigenvalue weighted by Gasteiger charge is 2.38. The van der Waals surface area contributed by atoms with E-state index in [9.17, 15) is 19.5 Å². The van der Waals surface area contributed by atoms with Crippen molar-refractivity contribution in [3.63, 3.8) is 0 Å². The third kappa shape index (κ3) is 5.25. The van der Waals surface area contributed by atoms with E-state index in [4.69, 9.17) is 11.6 Å². The highest BCUT2D eigenvalue weighted by atomic mass is 79.9. The molecule has 1 aliphatic rings. The molecule has 7 heteroatoms. The molecule has 152 valence electrons. The Hall–Kier alpha value is -2.18. The number of benzene rings is 2. The zero-order valence-electron chi connectivity index (χ0n) is 15.7. The summed E-state index contributed by atoms with van der Waals surface area (Å²) >= 11 is 9.54. The third-order valence-corrected chi connectivity index (χ3v) is 6.17. The first-order chi connectivity index (χ1) is 13.8. The van der Waals surface area contributed by atoms with Gasteiger partial charge in [0.1, 0.15) is 0 Å². The predicted octanol–water partition coefficient (Wildman–Crippen LogP) is 5.70. The summed E-state index contributed by atoms with van der Waals surface area (Å²) in [5.41, 5.74) is 0.532. The summed E-state index contributed by atoms with van der Waals surface area (Å²) in [5, 5.41) is 12.4. The van der Waals surface area contributed by atoms with Gasteiger partial charge in [-0.25, -0.2) is 0 Å². The van der Waals surface area contributed by atoms with Crippen LogP contribution in [0.5, 0.6) is 0 Å². The fraction of sp³-hybridized carbons (Fsp3) is 0.318. The van der Waals surface area contributed by atoms with Gasteiger partial charge in [0, 0.05) is 22.0 Å². The number of anilines is 1. The van der Waals surface area contributed by atoms with Gasteiger partial charge in [0.25, 0.3) is 0 Å². The molecule has 29 heavy (non-hydrogen) atoms. The van der Waals surface area contributed by atoms with Crippen LogP contribution in [0.15, 0.2) is 46.9 Å². The van der Waals surface area contributed by atoms with Gasteiger partial charge in [0.2, 0.25) is 5.91 Å². The van der Waals surface area contributed by atoms with Gasteiger partial charge in [-0.1, -0.05) is 52.5 Å². The summed E-state index contributed by atoms with van der Waals surface area (Å²) in [6, 6.07) is 11.8. The SMILES string of the molecule is O=C(O)CC1(CC(=O)Nc2ccc(Br)cc2C(=O)c2ccccc2Cl)CCCC1. The second kappa shape index (κ2) is 9.09. The summed E-state index contributed by atoms with van der Waals surface area (Å²) < 4.78 is 0.698. The number of rotatable bonds is 7. The maximum absolute atomic E-state index is 13.0. The Balaban J connectivity index is 1.84. The molecule has 0 heterocycles. The quantitative estimate of drug-likeness (QED) is 0.500. The van der Waals surface area contributed by atoms with E-state index in [-0.39, 0.29) is 24.5 Å². The molecule has 1 amide bonds. The number of carbonyl (C=O) groups is 3. The van der Waals surface area contributed by atoms with Crippen molar-refractivity contribution in [3.05, 3.63) is 63.1 Å². The van der Waals surface area contributed by atoms with Gasteiger partial charge in [-0.05, 0) is 48.6 Å². The first-order valence-corrected chi connectivity index (χ1v) is 10.6. The van der Waals surface area contributed by atoms with Gasteiger partial charge < -0.3 is 10.4 Å². The van der Waals surface area contributed by atoms with Crippen molar-refractivity contribution in [2.75, 3.05) is 5.32 Å². The monoisotopic (exact) mass is 477 g/mol. The number of hydrogen-bond donors (Lipinski definition) is 2. The number of halogens is 2. The number of amides is 1. The van der Waals surface area contributed by atoms with Gasteiger partial charge in [-0.15, -0.1) is 0 Å². The molecule has 0 atom stereocenters. The van der Waals surface area contributed by atoms with Crippen molar-refractivity contribution in [2.24, 2.45) is 5.41 Å². The third-order valence-electron chi connectivity index (χ3n) is 5.34. The molecule has 0 aliphatic heterocycles. The molecule has 1 fully saturated rings. The van der Waals surface area contributed by atoms with E-state index in [1.807, 2.05) is 0 Å². The number of aliphatic carboxylic acids is 1. The second-order valence-corrected chi connectivity index (χ2v) is 8.82. The van der Waals surface area contributed by atoms with Crippen LogP contribution in [0.3, 0.4) is 0 Å². The van der Waals surface area contributed by atoms with Gasteiger partial charge in [-0.3, -0.25) is 14.4 Å². The summed E-state index contributed by atoms with van der Waals surface area (Å²) in [4.78, 5) is 37.1. The van der Waals surface area contributed by atoms with E-state index in [0.717, 1.165) is 25.7 Å².